The van der Waals surface area contributed by atoms with Gasteiger partial charge in [0.15, 0.2) is 5.82 Å². The van der Waals surface area contributed by atoms with Crippen molar-refractivity contribution in [2.75, 3.05) is 13.7 Å². The number of benzene rings is 2. The summed E-state index contributed by atoms with van der Waals surface area (Å²) in [6.07, 6.45) is 2.21. The largest absolute Gasteiger partial charge is 0.399 e. The summed E-state index contributed by atoms with van der Waals surface area (Å²) in [6.45, 7) is 0.332. The van der Waals surface area contributed by atoms with E-state index in [1.807, 2.05) is 72.8 Å². The summed E-state index contributed by atoms with van der Waals surface area (Å²) >= 11 is 1.52. The molecular weight excluding hydrogens is 462 g/mol. The molecule has 0 bridgehead atoms. The number of hydrogen-bond donors (Lipinski definition) is 0. The fourth-order valence-electron chi connectivity index (χ4n) is 3.97. The summed E-state index contributed by atoms with van der Waals surface area (Å²) in [6, 6.07) is 23.0. The summed E-state index contributed by atoms with van der Waals surface area (Å²) in [4.78, 5) is 29.0. The number of rotatable bonds is 7. The zero-order valence-electron chi connectivity index (χ0n) is 19.1. The Morgan fingerprint density at radius 3 is 2.60 bits per heavy atom. The number of hydrogen-bond acceptors (Lipinski definition) is 8. The maximum Gasteiger partial charge on any atom is 0.254 e. The lowest BCUT2D eigenvalue weighted by Crippen LogP contribution is -2.31. The van der Waals surface area contributed by atoms with Crippen molar-refractivity contribution in [3.05, 3.63) is 96.3 Å². The fourth-order valence-corrected chi connectivity index (χ4v) is 4.67. The molecule has 1 aliphatic heterocycles. The highest BCUT2D eigenvalue weighted by atomic mass is 32.2. The van der Waals surface area contributed by atoms with Gasteiger partial charge in [0.25, 0.3) is 5.91 Å². The SMILES string of the molecule is CON=C1CC(c2nc(CSc3ccccn3)no2)N(C(=O)c2ccc(-c3ccccc3)cc2)C1. The number of amides is 1. The Morgan fingerprint density at radius 1 is 1.09 bits per heavy atom. The molecule has 8 nitrogen and oxygen atoms in total. The molecule has 4 aromatic rings. The monoisotopic (exact) mass is 485 g/mol. The molecule has 176 valence electrons. The van der Waals surface area contributed by atoms with Crippen LogP contribution in [0.1, 0.15) is 34.5 Å². The van der Waals surface area contributed by atoms with Crippen LogP contribution in [0.5, 0.6) is 0 Å². The Kier molecular flexibility index (Phi) is 6.85. The smallest absolute Gasteiger partial charge is 0.254 e. The average Bonchev–Trinajstić information content (AvgIpc) is 3.56. The van der Waals surface area contributed by atoms with Gasteiger partial charge in [-0.1, -0.05) is 70.6 Å². The molecular formula is C26H23N5O3S. The number of likely N-dealkylation sites (tertiary alicyclic amines) is 1. The third kappa shape index (κ3) is 5.25. The molecule has 2 aromatic carbocycles. The number of thioether (sulfide) groups is 1. The number of nitrogens with zero attached hydrogens (tertiary/aromatic N) is 5. The van der Waals surface area contributed by atoms with E-state index < -0.39 is 6.04 Å². The standard InChI is InChI=1S/C26H23N5O3S/c1-33-29-21-15-22(25-28-23(30-34-25)17-35-24-9-5-6-14-27-24)31(16-21)26(32)20-12-10-19(11-13-20)18-7-3-2-4-8-18/h2-14,22H,15-17H2,1H3. The number of aromatic nitrogens is 3. The molecule has 0 spiro atoms. The highest BCUT2D eigenvalue weighted by Crippen LogP contribution is 2.32. The van der Waals surface area contributed by atoms with Gasteiger partial charge in [0, 0.05) is 18.2 Å². The minimum absolute atomic E-state index is 0.126. The predicted octanol–water partition coefficient (Wildman–Crippen LogP) is 5.01. The van der Waals surface area contributed by atoms with Gasteiger partial charge in [-0.2, -0.15) is 4.98 Å². The first-order valence-corrected chi connectivity index (χ1v) is 12.1. The van der Waals surface area contributed by atoms with Crippen LogP contribution in [0, 0.1) is 0 Å². The molecule has 1 amide bonds. The van der Waals surface area contributed by atoms with Crippen LogP contribution in [-0.2, 0) is 10.6 Å². The third-order valence-corrected chi connectivity index (χ3v) is 6.57. The van der Waals surface area contributed by atoms with Crippen molar-refractivity contribution in [2.45, 2.75) is 23.2 Å². The van der Waals surface area contributed by atoms with Crippen molar-refractivity contribution in [1.29, 1.82) is 0 Å². The maximum absolute atomic E-state index is 13.5. The minimum atomic E-state index is -0.411. The van der Waals surface area contributed by atoms with Crippen LogP contribution in [0.4, 0.5) is 0 Å². The number of oxime groups is 1. The molecule has 0 aliphatic carbocycles. The topological polar surface area (TPSA) is 93.7 Å². The van der Waals surface area contributed by atoms with E-state index >= 15 is 0 Å². The van der Waals surface area contributed by atoms with E-state index in [9.17, 15) is 4.79 Å². The second-order valence-corrected chi connectivity index (χ2v) is 8.94. The lowest BCUT2D eigenvalue weighted by atomic mass is 10.0. The third-order valence-electron chi connectivity index (χ3n) is 5.63. The first-order chi connectivity index (χ1) is 17.2. The van der Waals surface area contributed by atoms with E-state index in [-0.39, 0.29) is 5.91 Å². The van der Waals surface area contributed by atoms with Crippen molar-refractivity contribution in [3.8, 4) is 11.1 Å². The highest BCUT2D eigenvalue weighted by molar-refractivity contribution is 7.98. The van der Waals surface area contributed by atoms with Crippen molar-refractivity contribution in [1.82, 2.24) is 20.0 Å². The zero-order chi connectivity index (χ0) is 24.0. The fraction of sp³-hybridized carbons (Fsp3) is 0.192. The number of carbonyl (C=O) groups excluding carboxylic acids is 1. The summed E-state index contributed by atoms with van der Waals surface area (Å²) in [5.41, 5.74) is 3.48. The van der Waals surface area contributed by atoms with E-state index in [4.69, 9.17) is 9.36 Å². The van der Waals surface area contributed by atoms with Crippen molar-refractivity contribution in [2.24, 2.45) is 5.16 Å². The average molecular weight is 486 g/mol. The Hall–Kier alpha value is -3.98. The molecule has 2 aromatic heterocycles. The normalized spacial score (nSPS) is 16.5. The molecule has 9 heteroatoms. The Bertz CT molecular complexity index is 1310. The molecule has 0 N–H and O–H groups in total. The lowest BCUT2D eigenvalue weighted by Gasteiger charge is -2.21. The van der Waals surface area contributed by atoms with Crippen LogP contribution in [0.15, 0.2) is 93.7 Å². The minimum Gasteiger partial charge on any atom is -0.399 e. The lowest BCUT2D eigenvalue weighted by molar-refractivity contribution is 0.0713. The summed E-state index contributed by atoms with van der Waals surface area (Å²) in [7, 11) is 1.49. The van der Waals surface area contributed by atoms with Crippen LogP contribution >= 0.6 is 11.8 Å². The Balaban J connectivity index is 1.34. The summed E-state index contributed by atoms with van der Waals surface area (Å²) < 4.78 is 5.57. The van der Waals surface area contributed by atoms with Crippen molar-refractivity contribution >= 4 is 23.4 Å². The van der Waals surface area contributed by atoms with E-state index in [1.165, 1.54) is 18.9 Å². The molecule has 1 aliphatic rings. The van der Waals surface area contributed by atoms with E-state index in [0.29, 0.717) is 36.0 Å². The summed E-state index contributed by atoms with van der Waals surface area (Å²) in [5.74, 6) is 1.32. The molecule has 3 heterocycles. The van der Waals surface area contributed by atoms with Gasteiger partial charge in [-0.3, -0.25) is 4.79 Å². The molecule has 0 radical (unpaired) electrons. The molecule has 0 saturated carbocycles. The first-order valence-electron chi connectivity index (χ1n) is 11.1. The van der Waals surface area contributed by atoms with Crippen molar-refractivity contribution < 1.29 is 14.2 Å². The van der Waals surface area contributed by atoms with Gasteiger partial charge in [0.05, 0.1) is 23.0 Å². The van der Waals surface area contributed by atoms with Gasteiger partial charge >= 0.3 is 0 Å². The van der Waals surface area contributed by atoms with Gasteiger partial charge in [-0.25, -0.2) is 4.98 Å². The van der Waals surface area contributed by atoms with Crippen LogP contribution in [-0.4, -0.2) is 45.3 Å². The molecule has 1 unspecified atom stereocenters. The van der Waals surface area contributed by atoms with E-state index in [0.717, 1.165) is 21.9 Å². The Labute approximate surface area is 207 Å². The molecule has 35 heavy (non-hydrogen) atoms. The molecule has 1 fully saturated rings. The first kappa shape index (κ1) is 22.8. The second kappa shape index (κ2) is 10.5. The van der Waals surface area contributed by atoms with Crippen molar-refractivity contribution in [3.63, 3.8) is 0 Å². The van der Waals surface area contributed by atoms with Gasteiger partial charge in [-0.05, 0) is 35.4 Å². The van der Waals surface area contributed by atoms with Gasteiger partial charge in [0.1, 0.15) is 13.2 Å². The van der Waals surface area contributed by atoms with Crippen LogP contribution in [0.25, 0.3) is 11.1 Å². The highest BCUT2D eigenvalue weighted by Gasteiger charge is 2.38. The van der Waals surface area contributed by atoms with E-state index in [2.05, 4.69) is 20.3 Å². The van der Waals surface area contributed by atoms with E-state index in [1.54, 1.807) is 11.1 Å². The molecule has 1 saturated heterocycles. The summed E-state index contributed by atoms with van der Waals surface area (Å²) in [5, 5.41) is 9.08. The maximum atomic E-state index is 13.5. The van der Waals surface area contributed by atoms with Gasteiger partial charge in [0.2, 0.25) is 5.89 Å². The van der Waals surface area contributed by atoms with Gasteiger partial charge < -0.3 is 14.3 Å². The number of carbonyl (C=O) groups is 1. The van der Waals surface area contributed by atoms with Gasteiger partial charge in [-0.15, -0.1) is 0 Å². The van der Waals surface area contributed by atoms with Crippen LogP contribution in [0.3, 0.4) is 0 Å². The van der Waals surface area contributed by atoms with Crippen LogP contribution in [0.2, 0.25) is 0 Å². The predicted molar refractivity (Wildman–Crippen MR) is 133 cm³/mol. The molecule has 1 atom stereocenters. The quantitative estimate of drug-likeness (QED) is 0.268. The zero-order valence-corrected chi connectivity index (χ0v) is 19.9. The Morgan fingerprint density at radius 2 is 1.86 bits per heavy atom. The second-order valence-electron chi connectivity index (χ2n) is 7.94. The molecule has 5 rings (SSSR count). The number of pyridine rings is 1. The van der Waals surface area contributed by atoms with Crippen LogP contribution < -0.4 is 0 Å².